The average molecular weight is 1390 g/mol. The highest BCUT2D eigenvalue weighted by Gasteiger charge is 2.21. The van der Waals surface area contributed by atoms with Gasteiger partial charge in [-0.1, -0.05) is 340 Å². The zero-order valence-electron chi connectivity index (χ0n) is 63.9. The van der Waals surface area contributed by atoms with E-state index in [4.69, 9.17) is 43.8 Å². The monoisotopic (exact) mass is 1390 g/mol. The maximum absolute atomic E-state index is 6.84. The third-order valence-electron chi connectivity index (χ3n) is 20.1. The van der Waals surface area contributed by atoms with Crippen LogP contribution in [-0.4, -0.2) is 53.2 Å². The van der Waals surface area contributed by atoms with Crippen LogP contribution in [-0.2, 0) is 0 Å². The molecule has 552 valence electrons. The minimum absolute atomic E-state index is 0.632. The second-order valence-corrected chi connectivity index (χ2v) is 30.0. The van der Waals surface area contributed by atoms with Crippen molar-refractivity contribution in [3.05, 3.63) is 91.0 Å². The zero-order chi connectivity index (χ0) is 70.0. The molecule has 0 saturated heterocycles. The fraction of sp³-hybridized carbons (Fsp3) is 0.644. The van der Waals surface area contributed by atoms with Crippen LogP contribution in [0.15, 0.2) is 91.0 Å². The van der Waals surface area contributed by atoms with Gasteiger partial charge in [0.05, 0.1) is 55.5 Å². The SMILES string of the molecule is CCCCCCCCCCCCOc1ccc(-c2nc3ccc(-c4nnc(-c5ccc6cc(OCCCCCCCCCC)ccc6c5)s4)cc3nc2-c2ccc(OCCCCCCCCCCCC)c(OCCCCCCCCCCCC)c2)cc1OCCCCCCCCCCCC. The number of hydrogen-bond acceptors (Lipinski definition) is 10. The summed E-state index contributed by atoms with van der Waals surface area (Å²) < 4.78 is 33.2. The van der Waals surface area contributed by atoms with Crippen molar-refractivity contribution >= 4 is 33.1 Å². The summed E-state index contributed by atoms with van der Waals surface area (Å²) in [5.41, 5.74) is 6.97. The molecule has 7 aromatic rings. The number of fused-ring (bicyclic) bond motifs is 2. The molecule has 0 aliphatic carbocycles. The molecule has 0 N–H and O–H groups in total. The van der Waals surface area contributed by atoms with Crippen molar-refractivity contribution in [1.82, 2.24) is 20.2 Å². The average Bonchev–Trinajstić information content (AvgIpc) is 1.04. The molecule has 2 aromatic heterocycles. The van der Waals surface area contributed by atoms with E-state index in [0.29, 0.717) is 26.4 Å². The van der Waals surface area contributed by atoms with Gasteiger partial charge in [-0.25, -0.2) is 9.97 Å². The van der Waals surface area contributed by atoms with E-state index in [0.717, 1.165) is 146 Å². The van der Waals surface area contributed by atoms with Gasteiger partial charge in [0.15, 0.2) is 23.0 Å². The summed E-state index contributed by atoms with van der Waals surface area (Å²) in [5.74, 6) is 4.04. The highest BCUT2D eigenvalue weighted by Crippen LogP contribution is 2.41. The lowest BCUT2D eigenvalue weighted by Crippen LogP contribution is -2.04. The van der Waals surface area contributed by atoms with Crippen LogP contribution in [0.5, 0.6) is 28.7 Å². The molecular weight excluding hydrogens is 1250 g/mol. The summed E-state index contributed by atoms with van der Waals surface area (Å²) in [6.07, 6.45) is 61.5. The summed E-state index contributed by atoms with van der Waals surface area (Å²) in [4.78, 5) is 11.2. The molecule has 5 aromatic carbocycles. The van der Waals surface area contributed by atoms with Crippen molar-refractivity contribution < 1.29 is 23.7 Å². The van der Waals surface area contributed by atoms with Gasteiger partial charge in [0, 0.05) is 22.3 Å². The summed E-state index contributed by atoms with van der Waals surface area (Å²) in [6, 6.07) is 32.2. The van der Waals surface area contributed by atoms with Gasteiger partial charge < -0.3 is 23.7 Å². The maximum Gasteiger partial charge on any atom is 0.161 e. The lowest BCUT2D eigenvalue weighted by atomic mass is 10.0. The fourth-order valence-corrected chi connectivity index (χ4v) is 14.6. The van der Waals surface area contributed by atoms with E-state index in [1.54, 1.807) is 11.3 Å². The third-order valence-corrected chi connectivity index (χ3v) is 21.1. The van der Waals surface area contributed by atoms with Crippen molar-refractivity contribution in [3.63, 3.8) is 0 Å². The van der Waals surface area contributed by atoms with Crippen LogP contribution in [0.2, 0.25) is 0 Å². The van der Waals surface area contributed by atoms with E-state index in [2.05, 4.69) is 126 Å². The van der Waals surface area contributed by atoms with Crippen LogP contribution in [0.25, 0.3) is 65.5 Å². The Bertz CT molecular complexity index is 3230. The van der Waals surface area contributed by atoms with Gasteiger partial charge in [-0.3, -0.25) is 0 Å². The Balaban J connectivity index is 1.15. The number of nitrogens with zero attached hydrogens (tertiary/aromatic N) is 4. The van der Waals surface area contributed by atoms with E-state index in [1.165, 1.54) is 263 Å². The van der Waals surface area contributed by atoms with Crippen LogP contribution < -0.4 is 23.7 Å². The van der Waals surface area contributed by atoms with Gasteiger partial charge in [0.2, 0.25) is 0 Å². The molecule has 0 amide bonds. The zero-order valence-corrected chi connectivity index (χ0v) is 64.7. The Morgan fingerprint density at radius 3 is 0.910 bits per heavy atom. The molecule has 0 unspecified atom stereocenters. The Morgan fingerprint density at radius 1 is 0.240 bits per heavy atom. The van der Waals surface area contributed by atoms with E-state index in [-0.39, 0.29) is 0 Å². The molecule has 0 fully saturated rings. The molecule has 10 heteroatoms. The van der Waals surface area contributed by atoms with Gasteiger partial charge in [0.1, 0.15) is 15.8 Å². The number of rotatable bonds is 62. The summed E-state index contributed by atoms with van der Waals surface area (Å²) in [5, 5.41) is 13.6. The predicted molar refractivity (Wildman–Crippen MR) is 430 cm³/mol. The summed E-state index contributed by atoms with van der Waals surface area (Å²) in [7, 11) is 0. The van der Waals surface area contributed by atoms with E-state index in [9.17, 15) is 0 Å². The fourth-order valence-electron chi connectivity index (χ4n) is 13.8. The molecule has 9 nitrogen and oxygen atoms in total. The van der Waals surface area contributed by atoms with Gasteiger partial charge >= 0.3 is 0 Å². The van der Waals surface area contributed by atoms with Crippen molar-refractivity contribution in [1.29, 1.82) is 0 Å². The molecule has 100 heavy (non-hydrogen) atoms. The molecule has 0 radical (unpaired) electrons. The number of ether oxygens (including phenoxy) is 5. The van der Waals surface area contributed by atoms with Gasteiger partial charge in [-0.05, 0) is 116 Å². The number of benzene rings is 5. The second kappa shape index (κ2) is 52.2. The Kier molecular flexibility index (Phi) is 42.6. The molecule has 0 atom stereocenters. The first-order chi connectivity index (χ1) is 49.5. The molecule has 0 spiro atoms. The molecule has 2 heterocycles. The molecular formula is C90H136N4O5S. The first-order valence-corrected chi connectivity index (χ1v) is 42.5. The lowest BCUT2D eigenvalue weighted by Gasteiger charge is -2.17. The van der Waals surface area contributed by atoms with Crippen LogP contribution in [0, 0.1) is 0 Å². The highest BCUT2D eigenvalue weighted by molar-refractivity contribution is 7.17. The van der Waals surface area contributed by atoms with Gasteiger partial charge in [0.25, 0.3) is 0 Å². The van der Waals surface area contributed by atoms with E-state index in [1.807, 2.05) is 0 Å². The highest BCUT2D eigenvalue weighted by atomic mass is 32.1. The quantitative estimate of drug-likeness (QED) is 0.0345. The summed E-state index contributed by atoms with van der Waals surface area (Å²) >= 11 is 1.60. The minimum Gasteiger partial charge on any atom is -0.494 e. The largest absolute Gasteiger partial charge is 0.494 e. The van der Waals surface area contributed by atoms with Crippen LogP contribution in [0.1, 0.15) is 343 Å². The van der Waals surface area contributed by atoms with E-state index >= 15 is 0 Å². The molecule has 7 rings (SSSR count). The van der Waals surface area contributed by atoms with Crippen LogP contribution >= 0.6 is 11.3 Å². The topological polar surface area (TPSA) is 97.7 Å². The predicted octanol–water partition coefficient (Wildman–Crippen LogP) is 29.0. The first kappa shape index (κ1) is 81.6. The summed E-state index contributed by atoms with van der Waals surface area (Å²) in [6.45, 7) is 14.8. The van der Waals surface area contributed by atoms with Gasteiger partial charge in [-0.2, -0.15) is 0 Å². The van der Waals surface area contributed by atoms with E-state index < -0.39 is 0 Å². The standard InChI is InChI=1S/C90H136N4O5S/c1-6-11-16-21-26-31-35-40-45-50-65-96-83-62-58-76(72-85(83)98-67-52-47-42-37-33-28-23-18-13-8-3)87-88(77-59-63-84(97-66-51-46-41-36-32-27-22-17-12-7-2)86(73-77)99-68-53-48-43-38-34-29-24-19-14-9-4)92-82-71-79(57-61-81(82)91-87)90-94-93-89(100-90)78-55-54-75-70-80(60-56-74(75)69-78)95-64-49-44-39-30-25-20-15-10-5/h54-63,69-73H,6-53,64-68H2,1-5H3. The van der Waals surface area contributed by atoms with Crippen molar-refractivity contribution in [2.45, 2.75) is 343 Å². The lowest BCUT2D eigenvalue weighted by molar-refractivity contribution is 0.258. The molecule has 0 saturated carbocycles. The minimum atomic E-state index is 0.632. The second-order valence-electron chi connectivity index (χ2n) is 29.0. The number of unbranched alkanes of at least 4 members (excludes halogenated alkanes) is 43. The van der Waals surface area contributed by atoms with Crippen LogP contribution in [0.4, 0.5) is 0 Å². The molecule has 0 bridgehead atoms. The van der Waals surface area contributed by atoms with Crippen LogP contribution in [0.3, 0.4) is 0 Å². The molecule has 0 aliphatic rings. The molecule has 0 aliphatic heterocycles. The Morgan fingerprint density at radius 2 is 0.530 bits per heavy atom. The Hall–Kier alpha value is -5.74. The third kappa shape index (κ3) is 31.9. The maximum atomic E-state index is 6.84. The Labute approximate surface area is 612 Å². The smallest absolute Gasteiger partial charge is 0.161 e. The first-order valence-electron chi connectivity index (χ1n) is 41.6. The van der Waals surface area contributed by atoms with Crippen molar-refractivity contribution in [2.75, 3.05) is 33.0 Å². The number of hydrogen-bond donors (Lipinski definition) is 0. The van der Waals surface area contributed by atoms with Crippen molar-refractivity contribution in [2.24, 2.45) is 0 Å². The van der Waals surface area contributed by atoms with Crippen molar-refractivity contribution in [3.8, 4) is 72.4 Å². The number of aromatic nitrogens is 4. The van der Waals surface area contributed by atoms with Gasteiger partial charge in [-0.15, -0.1) is 10.2 Å². The normalized spacial score (nSPS) is 11.6.